The van der Waals surface area contributed by atoms with Crippen LogP contribution in [0.2, 0.25) is 0 Å². The van der Waals surface area contributed by atoms with Gasteiger partial charge in [0.2, 0.25) is 11.8 Å². The van der Waals surface area contributed by atoms with Crippen molar-refractivity contribution < 1.29 is 18.0 Å². The Hall–Kier alpha value is -3.65. The molecule has 2 amide bonds. The lowest BCUT2D eigenvalue weighted by Gasteiger charge is -2.34. The highest BCUT2D eigenvalue weighted by Gasteiger charge is 2.34. The van der Waals surface area contributed by atoms with Crippen LogP contribution in [0.4, 0.5) is 5.69 Å². The second-order valence-electron chi connectivity index (χ2n) is 11.0. The van der Waals surface area contributed by atoms with Crippen LogP contribution in [0, 0.1) is 6.92 Å². The molecule has 0 aliphatic heterocycles. The minimum Gasteiger partial charge on any atom is -0.350 e. The molecule has 1 atom stereocenters. The Labute approximate surface area is 239 Å². The predicted molar refractivity (Wildman–Crippen MR) is 160 cm³/mol. The van der Waals surface area contributed by atoms with E-state index in [9.17, 15) is 18.0 Å². The Morgan fingerprint density at radius 2 is 1.43 bits per heavy atom. The SMILES string of the molecule is CCc1ccc(N(CC(=O)N(Cc2ccc(C)cc2)[C@H](CC)C(=O)NC(C)(C)C)S(=O)(=O)c2ccccc2)cc1. The summed E-state index contributed by atoms with van der Waals surface area (Å²) in [5.41, 5.74) is 2.88. The molecule has 0 aliphatic carbocycles. The fraction of sp³-hybridized carbons (Fsp3) is 0.375. The topological polar surface area (TPSA) is 86.8 Å². The first-order valence-electron chi connectivity index (χ1n) is 13.7. The molecule has 0 bridgehead atoms. The van der Waals surface area contributed by atoms with E-state index in [1.165, 1.54) is 17.0 Å². The summed E-state index contributed by atoms with van der Waals surface area (Å²) in [4.78, 5) is 29.1. The molecule has 8 heteroatoms. The highest BCUT2D eigenvalue weighted by Crippen LogP contribution is 2.25. The van der Waals surface area contributed by atoms with Crippen molar-refractivity contribution in [3.05, 3.63) is 95.6 Å². The van der Waals surface area contributed by atoms with Crippen molar-refractivity contribution in [2.24, 2.45) is 0 Å². The van der Waals surface area contributed by atoms with Crippen LogP contribution in [-0.2, 0) is 32.6 Å². The Kier molecular flexibility index (Phi) is 10.1. The van der Waals surface area contributed by atoms with Gasteiger partial charge in [0.15, 0.2) is 0 Å². The number of nitrogens with zero attached hydrogens (tertiary/aromatic N) is 2. The molecule has 40 heavy (non-hydrogen) atoms. The van der Waals surface area contributed by atoms with Crippen molar-refractivity contribution >= 4 is 27.5 Å². The number of benzene rings is 3. The van der Waals surface area contributed by atoms with Crippen LogP contribution in [0.25, 0.3) is 0 Å². The summed E-state index contributed by atoms with van der Waals surface area (Å²) in [6, 6.07) is 22.2. The summed E-state index contributed by atoms with van der Waals surface area (Å²) >= 11 is 0. The number of amides is 2. The second kappa shape index (κ2) is 13.1. The van der Waals surface area contributed by atoms with Gasteiger partial charge >= 0.3 is 0 Å². The van der Waals surface area contributed by atoms with Crippen molar-refractivity contribution in [2.45, 2.75) is 77.4 Å². The Bertz CT molecular complexity index is 1380. The number of nitrogens with one attached hydrogen (secondary N) is 1. The molecule has 0 radical (unpaired) electrons. The van der Waals surface area contributed by atoms with E-state index in [2.05, 4.69) is 5.32 Å². The van der Waals surface area contributed by atoms with Crippen LogP contribution in [0.1, 0.15) is 57.7 Å². The molecule has 0 saturated heterocycles. The molecule has 7 nitrogen and oxygen atoms in total. The zero-order valence-corrected chi connectivity index (χ0v) is 25.2. The molecule has 0 fully saturated rings. The van der Waals surface area contributed by atoms with E-state index >= 15 is 0 Å². The average molecular weight is 564 g/mol. The lowest BCUT2D eigenvalue weighted by atomic mass is 10.1. The van der Waals surface area contributed by atoms with E-state index in [0.717, 1.165) is 27.4 Å². The number of rotatable bonds is 11. The minimum absolute atomic E-state index is 0.0879. The maximum atomic E-state index is 14.1. The third-order valence-electron chi connectivity index (χ3n) is 6.60. The van der Waals surface area contributed by atoms with E-state index in [4.69, 9.17) is 0 Å². The van der Waals surface area contributed by atoms with Crippen LogP contribution < -0.4 is 9.62 Å². The largest absolute Gasteiger partial charge is 0.350 e. The smallest absolute Gasteiger partial charge is 0.264 e. The monoisotopic (exact) mass is 563 g/mol. The van der Waals surface area contributed by atoms with E-state index < -0.39 is 34.1 Å². The number of hydrogen-bond donors (Lipinski definition) is 1. The number of anilines is 1. The van der Waals surface area contributed by atoms with Gasteiger partial charge in [-0.3, -0.25) is 13.9 Å². The molecule has 3 rings (SSSR count). The molecule has 214 valence electrons. The van der Waals surface area contributed by atoms with E-state index in [1.54, 1.807) is 30.3 Å². The highest BCUT2D eigenvalue weighted by atomic mass is 32.2. The molecule has 0 aromatic heterocycles. The quantitative estimate of drug-likeness (QED) is 0.335. The standard InChI is InChI=1S/C32H41N3O4S/c1-7-25-18-20-27(21-19-25)35(40(38,39)28-12-10-9-11-13-28)23-30(36)34(22-26-16-14-24(3)15-17-26)29(8-2)31(37)33-32(4,5)6/h9-21,29H,7-8,22-23H2,1-6H3,(H,33,37)/t29-/m1/s1. The number of carbonyl (C=O) groups is 2. The van der Waals surface area contributed by atoms with Gasteiger partial charge in [0.1, 0.15) is 12.6 Å². The van der Waals surface area contributed by atoms with Crippen LogP contribution in [0.15, 0.2) is 83.8 Å². The average Bonchev–Trinajstić information content (AvgIpc) is 2.92. The molecular formula is C32H41N3O4S. The zero-order chi connectivity index (χ0) is 29.5. The predicted octanol–water partition coefficient (Wildman–Crippen LogP) is 5.47. The summed E-state index contributed by atoms with van der Waals surface area (Å²) in [6.07, 6.45) is 1.17. The Morgan fingerprint density at radius 3 is 1.95 bits per heavy atom. The van der Waals surface area contributed by atoms with Crippen LogP contribution >= 0.6 is 0 Å². The second-order valence-corrected chi connectivity index (χ2v) is 12.9. The molecule has 0 heterocycles. The summed E-state index contributed by atoms with van der Waals surface area (Å²) in [6.45, 7) is 11.2. The van der Waals surface area contributed by atoms with Gasteiger partial charge < -0.3 is 10.2 Å². The lowest BCUT2D eigenvalue weighted by Crippen LogP contribution is -2.55. The molecule has 1 N–H and O–H groups in total. The van der Waals surface area contributed by atoms with Crippen LogP contribution in [0.3, 0.4) is 0 Å². The molecule has 0 spiro atoms. The summed E-state index contributed by atoms with van der Waals surface area (Å²) < 4.78 is 28.9. The van der Waals surface area contributed by atoms with Crippen LogP contribution in [-0.4, -0.2) is 43.3 Å². The molecular weight excluding hydrogens is 522 g/mol. The van der Waals surface area contributed by atoms with Gasteiger partial charge in [0.25, 0.3) is 10.0 Å². The maximum Gasteiger partial charge on any atom is 0.264 e. The molecule has 0 saturated carbocycles. The van der Waals surface area contributed by atoms with Gasteiger partial charge in [-0.15, -0.1) is 0 Å². The van der Waals surface area contributed by atoms with Gasteiger partial charge in [0, 0.05) is 12.1 Å². The van der Waals surface area contributed by atoms with Gasteiger partial charge in [-0.1, -0.05) is 74.0 Å². The number of carbonyl (C=O) groups excluding carboxylic acids is 2. The van der Waals surface area contributed by atoms with Crippen molar-refractivity contribution in [1.82, 2.24) is 10.2 Å². The van der Waals surface area contributed by atoms with Gasteiger partial charge in [-0.25, -0.2) is 8.42 Å². The van der Waals surface area contributed by atoms with Crippen molar-refractivity contribution in [2.75, 3.05) is 10.8 Å². The fourth-order valence-corrected chi connectivity index (χ4v) is 5.84. The molecule has 3 aromatic carbocycles. The van der Waals surface area contributed by atoms with Crippen molar-refractivity contribution in [3.63, 3.8) is 0 Å². The van der Waals surface area contributed by atoms with Gasteiger partial charge in [-0.2, -0.15) is 0 Å². The summed E-state index contributed by atoms with van der Waals surface area (Å²) in [7, 11) is -4.08. The van der Waals surface area contributed by atoms with E-state index in [1.807, 2.05) is 77.9 Å². The third-order valence-corrected chi connectivity index (χ3v) is 8.39. The van der Waals surface area contributed by atoms with Crippen molar-refractivity contribution in [1.29, 1.82) is 0 Å². The zero-order valence-electron chi connectivity index (χ0n) is 24.3. The molecule has 3 aromatic rings. The third kappa shape index (κ3) is 7.94. The number of sulfonamides is 1. The van der Waals surface area contributed by atoms with Crippen molar-refractivity contribution in [3.8, 4) is 0 Å². The number of hydrogen-bond acceptors (Lipinski definition) is 4. The first-order chi connectivity index (χ1) is 18.9. The first-order valence-corrected chi connectivity index (χ1v) is 15.1. The van der Waals surface area contributed by atoms with Crippen LogP contribution in [0.5, 0.6) is 0 Å². The first kappa shape index (κ1) is 30.9. The Balaban J connectivity index is 2.06. The number of aryl methyl sites for hydroxylation is 2. The molecule has 0 unspecified atom stereocenters. The fourth-order valence-electron chi connectivity index (χ4n) is 4.41. The minimum atomic E-state index is -4.08. The lowest BCUT2D eigenvalue weighted by molar-refractivity contribution is -0.141. The molecule has 0 aliphatic rings. The highest BCUT2D eigenvalue weighted by molar-refractivity contribution is 7.92. The van der Waals surface area contributed by atoms with E-state index in [-0.39, 0.29) is 17.3 Å². The van der Waals surface area contributed by atoms with E-state index in [0.29, 0.717) is 12.1 Å². The maximum absolute atomic E-state index is 14.1. The van der Waals surface area contributed by atoms with Gasteiger partial charge in [0.05, 0.1) is 10.6 Å². The summed E-state index contributed by atoms with van der Waals surface area (Å²) in [5.74, 6) is -0.740. The van der Waals surface area contributed by atoms with Gasteiger partial charge in [-0.05, 0) is 75.9 Å². The summed E-state index contributed by atoms with van der Waals surface area (Å²) in [5, 5.41) is 2.99. The normalized spacial score (nSPS) is 12.4. The Morgan fingerprint density at radius 1 is 0.850 bits per heavy atom.